The van der Waals surface area contributed by atoms with Crippen molar-refractivity contribution >= 4 is 67.0 Å². The second-order valence-electron chi connectivity index (χ2n) is 3.99. The fraction of sp³-hybridized carbons (Fsp3) is 1.00. The summed E-state index contributed by atoms with van der Waals surface area (Å²) in [6.07, 6.45) is -5.38. The first-order valence-corrected chi connectivity index (χ1v) is 8.07. The SMILES string of the molecule is O=P(O)(O)OC[C@H]1O[C@](O)(COP(=O)(O)O)[C@@H](O)[C@@H]1O.[KH]. The van der Waals surface area contributed by atoms with Crippen LogP contribution in [0.2, 0.25) is 0 Å². The van der Waals surface area contributed by atoms with Crippen molar-refractivity contribution in [3.05, 3.63) is 0 Å². The molecule has 1 heterocycles. The van der Waals surface area contributed by atoms with E-state index in [9.17, 15) is 24.4 Å². The monoisotopic (exact) mass is 380 g/mol. The molecular formula is C6H15KO12P2. The molecule has 0 spiro atoms. The molecule has 15 heteroatoms. The minimum absolute atomic E-state index is 0. The van der Waals surface area contributed by atoms with Crippen LogP contribution < -0.4 is 0 Å². The van der Waals surface area contributed by atoms with Crippen molar-refractivity contribution in [3.63, 3.8) is 0 Å². The standard InChI is InChI=1S/C6H14O12P2.K.H/c7-4-3(1-16-19(10,11)12)18-6(9,5(4)8)2-17-20(13,14)15;;/h3-5,7-9H,1-2H2,(H2,10,11,12)(H2,13,14,15);;/t3-,4-,5+,6-;;/m1../s1. The molecule has 1 rings (SSSR count). The third-order valence-electron chi connectivity index (χ3n) is 2.37. The molecule has 0 bridgehead atoms. The van der Waals surface area contributed by atoms with Crippen LogP contribution in [0.15, 0.2) is 0 Å². The summed E-state index contributed by atoms with van der Waals surface area (Å²) in [7, 11) is -9.82. The first-order chi connectivity index (χ1) is 8.84. The molecule has 4 atom stereocenters. The Kier molecular flexibility index (Phi) is 8.85. The van der Waals surface area contributed by atoms with Crippen LogP contribution >= 0.6 is 15.6 Å². The Morgan fingerprint density at radius 1 is 1.05 bits per heavy atom. The fourth-order valence-corrected chi connectivity index (χ4v) is 2.17. The van der Waals surface area contributed by atoms with Gasteiger partial charge in [0.2, 0.25) is 5.79 Å². The number of aliphatic hydroxyl groups is 3. The zero-order valence-electron chi connectivity index (χ0n) is 9.71. The van der Waals surface area contributed by atoms with Crippen molar-refractivity contribution in [2.45, 2.75) is 24.1 Å². The molecule has 0 aliphatic carbocycles. The van der Waals surface area contributed by atoms with Crippen molar-refractivity contribution in [3.8, 4) is 0 Å². The predicted octanol–water partition coefficient (Wildman–Crippen LogP) is -3.63. The summed E-state index contributed by atoms with van der Waals surface area (Å²) in [5.74, 6) is -2.66. The Balaban J connectivity index is 0.00000400. The predicted molar refractivity (Wildman–Crippen MR) is 65.0 cm³/mol. The molecule has 0 aromatic carbocycles. The number of hydrogen-bond donors (Lipinski definition) is 7. The normalized spacial score (nSPS) is 33.8. The number of rotatable bonds is 6. The third kappa shape index (κ3) is 7.41. The molecule has 1 fully saturated rings. The summed E-state index contributed by atoms with van der Waals surface area (Å²) in [5.41, 5.74) is 0. The Morgan fingerprint density at radius 2 is 1.52 bits per heavy atom. The van der Waals surface area contributed by atoms with Crippen LogP contribution in [0.1, 0.15) is 0 Å². The van der Waals surface area contributed by atoms with Gasteiger partial charge in [0.1, 0.15) is 24.9 Å². The topological polar surface area (TPSA) is 203 Å². The van der Waals surface area contributed by atoms with Crippen LogP contribution in [0.5, 0.6) is 0 Å². The van der Waals surface area contributed by atoms with Crippen molar-refractivity contribution < 1.29 is 57.8 Å². The van der Waals surface area contributed by atoms with E-state index in [-0.39, 0.29) is 51.4 Å². The number of hydrogen-bond acceptors (Lipinski definition) is 8. The summed E-state index contributed by atoms with van der Waals surface area (Å²) in [6.45, 7) is -2.05. The van der Waals surface area contributed by atoms with Crippen LogP contribution in [0.4, 0.5) is 0 Å². The van der Waals surface area contributed by atoms with Gasteiger partial charge in [-0.1, -0.05) is 0 Å². The van der Waals surface area contributed by atoms with E-state index in [1.54, 1.807) is 0 Å². The van der Waals surface area contributed by atoms with Gasteiger partial charge in [0.05, 0.1) is 6.61 Å². The van der Waals surface area contributed by atoms with E-state index in [1.807, 2.05) is 0 Å². The van der Waals surface area contributed by atoms with Crippen LogP contribution in [0, 0.1) is 0 Å². The van der Waals surface area contributed by atoms with Gasteiger partial charge in [-0.2, -0.15) is 0 Å². The van der Waals surface area contributed by atoms with Gasteiger partial charge in [0.25, 0.3) is 0 Å². The molecule has 21 heavy (non-hydrogen) atoms. The second kappa shape index (κ2) is 8.18. The summed E-state index contributed by atoms with van der Waals surface area (Å²) in [5, 5.41) is 28.8. The molecule has 7 N–H and O–H groups in total. The molecule has 1 saturated heterocycles. The summed E-state index contributed by atoms with van der Waals surface area (Å²) in [4.78, 5) is 33.9. The van der Waals surface area contributed by atoms with E-state index in [2.05, 4.69) is 13.8 Å². The average Bonchev–Trinajstić information content (AvgIpc) is 2.48. The van der Waals surface area contributed by atoms with Gasteiger partial charge in [-0.15, -0.1) is 0 Å². The first kappa shape index (κ1) is 22.7. The Labute approximate surface area is 160 Å². The average molecular weight is 380 g/mol. The van der Waals surface area contributed by atoms with Crippen molar-refractivity contribution in [2.75, 3.05) is 13.2 Å². The molecule has 1 aliphatic rings. The minimum atomic E-state index is -4.96. The molecule has 1 aliphatic heterocycles. The van der Waals surface area contributed by atoms with E-state index in [0.29, 0.717) is 0 Å². The van der Waals surface area contributed by atoms with Gasteiger partial charge >= 0.3 is 67.0 Å². The van der Waals surface area contributed by atoms with Gasteiger partial charge in [-0.25, -0.2) is 9.13 Å². The quantitative estimate of drug-likeness (QED) is 0.176. The van der Waals surface area contributed by atoms with Crippen molar-refractivity contribution in [2.24, 2.45) is 0 Å². The summed E-state index contributed by atoms with van der Waals surface area (Å²) < 4.78 is 33.6. The number of phosphoric acid groups is 2. The van der Waals surface area contributed by atoms with Gasteiger partial charge in [0.15, 0.2) is 0 Å². The Bertz CT molecular complexity index is 433. The van der Waals surface area contributed by atoms with Gasteiger partial charge in [-0.3, -0.25) is 9.05 Å². The molecule has 0 radical (unpaired) electrons. The number of ether oxygens (including phenoxy) is 1. The van der Waals surface area contributed by atoms with Crippen molar-refractivity contribution in [1.82, 2.24) is 0 Å². The maximum atomic E-state index is 10.5. The number of aliphatic hydroxyl groups excluding tert-OH is 2. The Hall–Kier alpha value is 1.70. The molecule has 0 unspecified atom stereocenters. The van der Waals surface area contributed by atoms with Gasteiger partial charge in [-0.05, 0) is 0 Å². The van der Waals surface area contributed by atoms with E-state index < -0.39 is 53.0 Å². The summed E-state index contributed by atoms with van der Waals surface area (Å²) in [6, 6.07) is 0. The zero-order chi connectivity index (χ0) is 15.8. The molecular weight excluding hydrogens is 365 g/mol. The van der Waals surface area contributed by atoms with Crippen LogP contribution in [0.3, 0.4) is 0 Å². The molecule has 0 aromatic heterocycles. The fourth-order valence-electron chi connectivity index (χ4n) is 1.47. The van der Waals surface area contributed by atoms with Gasteiger partial charge < -0.3 is 39.6 Å². The summed E-state index contributed by atoms with van der Waals surface area (Å²) >= 11 is 0. The molecule has 122 valence electrons. The molecule has 0 aromatic rings. The van der Waals surface area contributed by atoms with Gasteiger partial charge in [0, 0.05) is 0 Å². The zero-order valence-corrected chi connectivity index (χ0v) is 11.5. The molecule has 0 amide bonds. The number of phosphoric ester groups is 2. The van der Waals surface area contributed by atoms with E-state index >= 15 is 0 Å². The van der Waals surface area contributed by atoms with Crippen molar-refractivity contribution in [1.29, 1.82) is 0 Å². The molecule has 0 saturated carbocycles. The Morgan fingerprint density at radius 3 is 1.95 bits per heavy atom. The van der Waals surface area contributed by atoms with Crippen LogP contribution in [-0.4, -0.2) is 124 Å². The third-order valence-corrected chi connectivity index (χ3v) is 3.32. The van der Waals surface area contributed by atoms with E-state index in [1.165, 1.54) is 0 Å². The second-order valence-corrected chi connectivity index (χ2v) is 6.47. The van der Waals surface area contributed by atoms with Crippen LogP contribution in [-0.2, 0) is 22.9 Å². The molecule has 12 nitrogen and oxygen atoms in total. The first-order valence-electron chi connectivity index (χ1n) is 5.00. The van der Waals surface area contributed by atoms with E-state index in [0.717, 1.165) is 0 Å². The maximum absolute atomic E-state index is 10.5. The van der Waals surface area contributed by atoms with E-state index in [4.69, 9.17) is 19.6 Å². The van der Waals surface area contributed by atoms with Crippen LogP contribution in [0.25, 0.3) is 0 Å².